The summed E-state index contributed by atoms with van der Waals surface area (Å²) >= 11 is 0. The maximum Gasteiger partial charge on any atom is 0.404 e. The third-order valence-corrected chi connectivity index (χ3v) is 3.71. The van der Waals surface area contributed by atoms with Gasteiger partial charge >= 0.3 is 6.09 Å². The second-order valence-electron chi connectivity index (χ2n) is 5.30. The van der Waals surface area contributed by atoms with E-state index >= 15 is 0 Å². The minimum atomic E-state index is -1.08. The molecule has 0 aromatic heterocycles. The summed E-state index contributed by atoms with van der Waals surface area (Å²) in [6.07, 6.45) is -0.718. The van der Waals surface area contributed by atoms with Crippen molar-refractivity contribution in [2.75, 3.05) is 0 Å². The van der Waals surface area contributed by atoms with Gasteiger partial charge in [0, 0.05) is 6.04 Å². The Bertz CT molecular complexity index is 623. The van der Waals surface area contributed by atoms with Crippen LogP contribution in [0.4, 0.5) is 4.79 Å². The van der Waals surface area contributed by atoms with Gasteiger partial charge in [-0.1, -0.05) is 60.7 Å². The van der Waals surface area contributed by atoms with Crippen LogP contribution in [0.15, 0.2) is 60.7 Å². The number of nitrogens with one attached hydrogen (secondary N) is 1. The van der Waals surface area contributed by atoms with E-state index in [2.05, 4.69) is 11.4 Å². The summed E-state index contributed by atoms with van der Waals surface area (Å²) in [7, 11) is 0. The molecule has 2 aromatic rings. The Hall–Kier alpha value is -2.80. The molecule has 0 radical (unpaired) electrons. The van der Waals surface area contributed by atoms with E-state index in [1.807, 2.05) is 60.7 Å². The molecule has 1 amide bonds. The number of carboxylic acid groups (broad SMARTS) is 1. The average molecular weight is 294 g/mol. The van der Waals surface area contributed by atoms with Crippen LogP contribution in [0.2, 0.25) is 0 Å². The van der Waals surface area contributed by atoms with Crippen molar-refractivity contribution >= 4 is 6.09 Å². The van der Waals surface area contributed by atoms with E-state index in [0.29, 0.717) is 6.42 Å². The Morgan fingerprint density at radius 1 is 1.14 bits per heavy atom. The molecule has 0 saturated carbocycles. The largest absolute Gasteiger partial charge is 0.465 e. The Balaban J connectivity index is 2.49. The molecule has 0 aliphatic rings. The molecule has 22 heavy (non-hydrogen) atoms. The summed E-state index contributed by atoms with van der Waals surface area (Å²) in [5, 5.41) is 21.3. The zero-order valence-electron chi connectivity index (χ0n) is 12.4. The van der Waals surface area contributed by atoms with Crippen LogP contribution >= 0.6 is 0 Å². The first-order valence-corrected chi connectivity index (χ1v) is 7.10. The van der Waals surface area contributed by atoms with Gasteiger partial charge < -0.3 is 10.4 Å². The van der Waals surface area contributed by atoms with Crippen LogP contribution in [-0.2, 0) is 5.41 Å². The lowest BCUT2D eigenvalue weighted by Gasteiger charge is -2.30. The van der Waals surface area contributed by atoms with E-state index < -0.39 is 11.5 Å². The Kier molecular flexibility index (Phi) is 4.80. The molecule has 0 heterocycles. The van der Waals surface area contributed by atoms with Crippen molar-refractivity contribution in [3.05, 3.63) is 71.8 Å². The molecule has 0 spiro atoms. The molecular weight excluding hydrogens is 276 g/mol. The monoisotopic (exact) mass is 294 g/mol. The molecule has 0 unspecified atom stereocenters. The van der Waals surface area contributed by atoms with E-state index in [1.165, 1.54) is 0 Å². The summed E-state index contributed by atoms with van der Waals surface area (Å²) in [6, 6.07) is 21.0. The number of carbonyl (C=O) groups is 1. The predicted molar refractivity (Wildman–Crippen MR) is 84.5 cm³/mol. The third-order valence-electron chi connectivity index (χ3n) is 3.71. The molecular formula is C18H18N2O2. The van der Waals surface area contributed by atoms with Gasteiger partial charge in [-0.25, -0.2) is 4.79 Å². The molecule has 2 N–H and O–H groups in total. The number of hydrogen-bond donors (Lipinski definition) is 2. The minimum absolute atomic E-state index is 0.349. The van der Waals surface area contributed by atoms with Gasteiger partial charge in [-0.15, -0.1) is 0 Å². The highest BCUT2D eigenvalue weighted by molar-refractivity contribution is 5.65. The smallest absolute Gasteiger partial charge is 0.404 e. The Morgan fingerprint density at radius 2 is 1.59 bits per heavy atom. The van der Waals surface area contributed by atoms with Gasteiger partial charge in [0.05, 0.1) is 6.07 Å². The first-order valence-electron chi connectivity index (χ1n) is 7.10. The van der Waals surface area contributed by atoms with Gasteiger partial charge in [0.2, 0.25) is 0 Å². The van der Waals surface area contributed by atoms with Gasteiger partial charge in [0.25, 0.3) is 0 Å². The first-order chi connectivity index (χ1) is 10.6. The second-order valence-corrected chi connectivity index (χ2v) is 5.30. The number of nitriles is 1. The van der Waals surface area contributed by atoms with Gasteiger partial charge in [-0.05, 0) is 24.5 Å². The average Bonchev–Trinajstić information content (AvgIpc) is 2.53. The lowest BCUT2D eigenvalue weighted by molar-refractivity contribution is 0.189. The van der Waals surface area contributed by atoms with Crippen LogP contribution in [0.1, 0.15) is 24.5 Å². The van der Waals surface area contributed by atoms with Crippen LogP contribution in [0.5, 0.6) is 0 Å². The second kappa shape index (κ2) is 6.77. The van der Waals surface area contributed by atoms with Crippen molar-refractivity contribution < 1.29 is 9.90 Å². The topological polar surface area (TPSA) is 73.1 Å². The molecule has 1 atom stereocenters. The zero-order valence-corrected chi connectivity index (χ0v) is 12.4. The summed E-state index contributed by atoms with van der Waals surface area (Å²) in [4.78, 5) is 10.9. The van der Waals surface area contributed by atoms with E-state index in [-0.39, 0.29) is 6.04 Å². The number of nitrogens with zero attached hydrogens (tertiary/aromatic N) is 1. The fourth-order valence-electron chi connectivity index (χ4n) is 2.74. The van der Waals surface area contributed by atoms with Crippen LogP contribution < -0.4 is 5.32 Å². The van der Waals surface area contributed by atoms with Crippen LogP contribution in [-0.4, -0.2) is 17.2 Å². The quantitative estimate of drug-likeness (QED) is 0.885. The molecule has 2 rings (SSSR count). The number of rotatable bonds is 5. The van der Waals surface area contributed by atoms with Crippen molar-refractivity contribution in [2.24, 2.45) is 0 Å². The van der Waals surface area contributed by atoms with Crippen LogP contribution in [0.25, 0.3) is 0 Å². The van der Waals surface area contributed by atoms with E-state index in [1.54, 1.807) is 6.92 Å². The van der Waals surface area contributed by atoms with Gasteiger partial charge in [0.1, 0.15) is 5.41 Å². The number of hydrogen-bond acceptors (Lipinski definition) is 2. The van der Waals surface area contributed by atoms with E-state index in [9.17, 15) is 10.1 Å². The maximum absolute atomic E-state index is 10.9. The van der Waals surface area contributed by atoms with Crippen molar-refractivity contribution in [3.63, 3.8) is 0 Å². The number of benzene rings is 2. The van der Waals surface area contributed by atoms with Gasteiger partial charge in [0.15, 0.2) is 0 Å². The molecule has 4 heteroatoms. The minimum Gasteiger partial charge on any atom is -0.465 e. The lowest BCUT2D eigenvalue weighted by Crippen LogP contribution is -2.39. The predicted octanol–water partition coefficient (Wildman–Crippen LogP) is 3.54. The highest BCUT2D eigenvalue weighted by Crippen LogP contribution is 2.36. The highest BCUT2D eigenvalue weighted by atomic mass is 16.4. The molecule has 0 bridgehead atoms. The summed E-state index contributed by atoms with van der Waals surface area (Å²) in [5.41, 5.74) is 0.843. The van der Waals surface area contributed by atoms with E-state index in [0.717, 1.165) is 11.1 Å². The molecule has 0 saturated heterocycles. The van der Waals surface area contributed by atoms with Crippen LogP contribution in [0.3, 0.4) is 0 Å². The lowest BCUT2D eigenvalue weighted by atomic mass is 9.71. The number of amides is 1. The molecule has 112 valence electrons. The Morgan fingerprint density at radius 3 is 1.95 bits per heavy atom. The Labute approximate surface area is 130 Å². The van der Waals surface area contributed by atoms with E-state index in [4.69, 9.17) is 5.11 Å². The highest BCUT2D eigenvalue weighted by Gasteiger charge is 2.36. The first kappa shape index (κ1) is 15.6. The maximum atomic E-state index is 10.9. The third kappa shape index (κ3) is 3.26. The molecule has 0 aliphatic carbocycles. The van der Waals surface area contributed by atoms with Gasteiger partial charge in [-0.2, -0.15) is 5.26 Å². The molecule has 0 aliphatic heterocycles. The molecule has 2 aromatic carbocycles. The molecule has 4 nitrogen and oxygen atoms in total. The van der Waals surface area contributed by atoms with Gasteiger partial charge in [-0.3, -0.25) is 0 Å². The SMILES string of the molecule is C[C@H](CC(C#N)(c1ccccc1)c1ccccc1)NC(=O)O. The summed E-state index contributed by atoms with van der Waals surface area (Å²) in [5.74, 6) is 0. The fourth-order valence-corrected chi connectivity index (χ4v) is 2.74. The summed E-state index contributed by atoms with van der Waals surface area (Å²) < 4.78 is 0. The normalized spacial score (nSPS) is 12.2. The summed E-state index contributed by atoms with van der Waals surface area (Å²) in [6.45, 7) is 1.77. The standard InChI is InChI=1S/C18H18N2O2/c1-14(20-17(21)22)12-18(13-19,15-8-4-2-5-9-15)16-10-6-3-7-11-16/h2-11,14,20H,12H2,1H3,(H,21,22)/t14-/m1/s1. The van der Waals surface area contributed by atoms with Crippen molar-refractivity contribution in [1.82, 2.24) is 5.32 Å². The molecule has 0 fully saturated rings. The van der Waals surface area contributed by atoms with Crippen molar-refractivity contribution in [3.8, 4) is 6.07 Å². The van der Waals surface area contributed by atoms with Crippen LogP contribution in [0, 0.1) is 11.3 Å². The van der Waals surface area contributed by atoms with Crippen molar-refractivity contribution in [2.45, 2.75) is 24.8 Å². The zero-order chi connectivity index (χ0) is 16.0. The van der Waals surface area contributed by atoms with Crippen molar-refractivity contribution in [1.29, 1.82) is 5.26 Å². The fraction of sp³-hybridized carbons (Fsp3) is 0.222.